The standard InChI is InChI=1S/C22H19F2NO/c1-25(18-12-13-20(23)21(24)14-18)22(26)15-19(16-8-4-2-5-9-16)17-10-6-3-7-11-17/h2-14,19H,15H2,1H3. The minimum absolute atomic E-state index is 0.113. The van der Waals surface area contributed by atoms with Crippen molar-refractivity contribution in [1.82, 2.24) is 0 Å². The lowest BCUT2D eigenvalue weighted by molar-refractivity contribution is -0.118. The molecule has 0 aromatic heterocycles. The summed E-state index contributed by atoms with van der Waals surface area (Å²) in [5.74, 6) is -2.18. The molecule has 4 heteroatoms. The second-order valence-electron chi connectivity index (χ2n) is 6.13. The average molecular weight is 351 g/mol. The summed E-state index contributed by atoms with van der Waals surface area (Å²) in [6, 6.07) is 23.0. The first-order chi connectivity index (χ1) is 12.6. The Kier molecular flexibility index (Phi) is 5.42. The lowest BCUT2D eigenvalue weighted by Gasteiger charge is -2.22. The largest absolute Gasteiger partial charge is 0.315 e. The Labute approximate surface area is 151 Å². The van der Waals surface area contributed by atoms with Gasteiger partial charge in [-0.25, -0.2) is 8.78 Å². The molecule has 0 fully saturated rings. The topological polar surface area (TPSA) is 20.3 Å². The van der Waals surface area contributed by atoms with Gasteiger partial charge in [0.15, 0.2) is 11.6 Å². The Bertz CT molecular complexity index is 842. The third-order valence-electron chi connectivity index (χ3n) is 4.45. The monoisotopic (exact) mass is 351 g/mol. The highest BCUT2D eigenvalue weighted by Crippen LogP contribution is 2.29. The molecule has 3 aromatic rings. The first-order valence-electron chi connectivity index (χ1n) is 8.38. The summed E-state index contributed by atoms with van der Waals surface area (Å²) in [5, 5.41) is 0. The fourth-order valence-corrected chi connectivity index (χ4v) is 2.95. The van der Waals surface area contributed by atoms with Gasteiger partial charge in [0.2, 0.25) is 5.91 Å². The van der Waals surface area contributed by atoms with E-state index in [0.29, 0.717) is 5.69 Å². The van der Waals surface area contributed by atoms with Crippen LogP contribution in [0.3, 0.4) is 0 Å². The van der Waals surface area contributed by atoms with Crippen LogP contribution in [0.4, 0.5) is 14.5 Å². The smallest absolute Gasteiger partial charge is 0.227 e. The molecular weight excluding hydrogens is 332 g/mol. The molecule has 0 saturated carbocycles. The number of carbonyl (C=O) groups is 1. The molecule has 0 bridgehead atoms. The van der Waals surface area contributed by atoms with E-state index in [1.54, 1.807) is 7.05 Å². The van der Waals surface area contributed by atoms with Gasteiger partial charge in [-0.05, 0) is 23.3 Å². The molecule has 0 N–H and O–H groups in total. The Morgan fingerprint density at radius 2 is 1.38 bits per heavy atom. The van der Waals surface area contributed by atoms with E-state index in [4.69, 9.17) is 0 Å². The van der Waals surface area contributed by atoms with Crippen LogP contribution in [0.25, 0.3) is 0 Å². The van der Waals surface area contributed by atoms with E-state index < -0.39 is 11.6 Å². The van der Waals surface area contributed by atoms with Crippen molar-refractivity contribution in [3.63, 3.8) is 0 Å². The molecular formula is C22H19F2NO. The van der Waals surface area contributed by atoms with Gasteiger partial charge in [0.25, 0.3) is 0 Å². The Morgan fingerprint density at radius 3 is 1.88 bits per heavy atom. The minimum atomic E-state index is -0.968. The van der Waals surface area contributed by atoms with Crippen molar-refractivity contribution in [2.24, 2.45) is 0 Å². The van der Waals surface area contributed by atoms with Gasteiger partial charge < -0.3 is 4.90 Å². The molecule has 1 amide bonds. The number of hydrogen-bond acceptors (Lipinski definition) is 1. The van der Waals surface area contributed by atoms with E-state index in [1.165, 1.54) is 11.0 Å². The van der Waals surface area contributed by atoms with Crippen LogP contribution in [0.15, 0.2) is 78.9 Å². The van der Waals surface area contributed by atoms with Crippen molar-refractivity contribution in [3.8, 4) is 0 Å². The molecule has 3 rings (SSSR count). The summed E-state index contributed by atoms with van der Waals surface area (Å²) < 4.78 is 26.6. The molecule has 3 aromatic carbocycles. The Hall–Kier alpha value is -3.01. The van der Waals surface area contributed by atoms with Crippen LogP contribution in [0, 0.1) is 11.6 Å². The zero-order chi connectivity index (χ0) is 18.5. The van der Waals surface area contributed by atoms with Gasteiger partial charge in [0.1, 0.15) is 0 Å². The molecule has 0 aliphatic heterocycles. The number of carbonyl (C=O) groups excluding carboxylic acids is 1. The first-order valence-corrected chi connectivity index (χ1v) is 8.38. The normalized spacial score (nSPS) is 10.8. The van der Waals surface area contributed by atoms with Crippen molar-refractivity contribution in [3.05, 3.63) is 102 Å². The van der Waals surface area contributed by atoms with E-state index in [-0.39, 0.29) is 18.2 Å². The number of rotatable bonds is 5. The van der Waals surface area contributed by atoms with Crippen LogP contribution in [0.1, 0.15) is 23.5 Å². The van der Waals surface area contributed by atoms with Crippen LogP contribution in [0.5, 0.6) is 0 Å². The zero-order valence-corrected chi connectivity index (χ0v) is 14.4. The molecule has 0 aliphatic rings. The molecule has 0 radical (unpaired) electrons. The van der Waals surface area contributed by atoms with Crippen molar-refractivity contribution < 1.29 is 13.6 Å². The highest BCUT2D eigenvalue weighted by Gasteiger charge is 2.21. The fourth-order valence-electron chi connectivity index (χ4n) is 2.95. The van der Waals surface area contributed by atoms with Crippen molar-refractivity contribution >= 4 is 11.6 Å². The van der Waals surface area contributed by atoms with Gasteiger partial charge >= 0.3 is 0 Å². The van der Waals surface area contributed by atoms with Crippen LogP contribution in [-0.4, -0.2) is 13.0 Å². The van der Waals surface area contributed by atoms with Crippen LogP contribution in [0.2, 0.25) is 0 Å². The van der Waals surface area contributed by atoms with Crippen LogP contribution < -0.4 is 4.90 Å². The summed E-state index contributed by atoms with van der Waals surface area (Å²) in [7, 11) is 1.57. The third kappa shape index (κ3) is 3.97. The van der Waals surface area contributed by atoms with Crippen LogP contribution >= 0.6 is 0 Å². The number of anilines is 1. The number of benzene rings is 3. The third-order valence-corrected chi connectivity index (χ3v) is 4.45. The zero-order valence-electron chi connectivity index (χ0n) is 14.4. The Morgan fingerprint density at radius 1 is 0.846 bits per heavy atom. The molecule has 132 valence electrons. The number of amides is 1. The maximum absolute atomic E-state index is 13.5. The number of hydrogen-bond donors (Lipinski definition) is 0. The summed E-state index contributed by atoms with van der Waals surface area (Å²) in [6.45, 7) is 0. The molecule has 26 heavy (non-hydrogen) atoms. The second kappa shape index (κ2) is 7.91. The maximum Gasteiger partial charge on any atom is 0.227 e. The molecule has 0 saturated heterocycles. The lowest BCUT2D eigenvalue weighted by Crippen LogP contribution is -2.28. The average Bonchev–Trinajstić information content (AvgIpc) is 2.69. The van der Waals surface area contributed by atoms with Gasteiger partial charge in [0.05, 0.1) is 0 Å². The van der Waals surface area contributed by atoms with E-state index in [1.807, 2.05) is 60.7 Å². The predicted octanol–water partition coefficient (Wildman–Crippen LogP) is 5.15. The summed E-state index contributed by atoms with van der Waals surface area (Å²) >= 11 is 0. The molecule has 0 heterocycles. The van der Waals surface area contributed by atoms with Crippen LogP contribution in [-0.2, 0) is 4.79 Å². The number of halogens is 2. The summed E-state index contributed by atoms with van der Waals surface area (Å²) in [4.78, 5) is 14.2. The molecule has 0 atom stereocenters. The minimum Gasteiger partial charge on any atom is -0.315 e. The van der Waals surface area contributed by atoms with Gasteiger partial charge in [-0.15, -0.1) is 0 Å². The first kappa shape index (κ1) is 17.8. The molecule has 2 nitrogen and oxygen atoms in total. The quantitative estimate of drug-likeness (QED) is 0.622. The van der Waals surface area contributed by atoms with Gasteiger partial charge in [-0.2, -0.15) is 0 Å². The summed E-state index contributed by atoms with van der Waals surface area (Å²) in [5.41, 5.74) is 2.39. The molecule has 0 aliphatic carbocycles. The maximum atomic E-state index is 13.5. The second-order valence-corrected chi connectivity index (χ2v) is 6.13. The van der Waals surface area contributed by atoms with Gasteiger partial charge in [-0.1, -0.05) is 60.7 Å². The predicted molar refractivity (Wildman–Crippen MR) is 99.1 cm³/mol. The van der Waals surface area contributed by atoms with E-state index in [2.05, 4.69) is 0 Å². The summed E-state index contributed by atoms with van der Waals surface area (Å²) in [6.07, 6.45) is 0.226. The SMILES string of the molecule is CN(C(=O)CC(c1ccccc1)c1ccccc1)c1ccc(F)c(F)c1. The van der Waals surface area contributed by atoms with Gasteiger partial charge in [0, 0.05) is 31.1 Å². The number of nitrogens with zero attached hydrogens (tertiary/aromatic N) is 1. The van der Waals surface area contributed by atoms with E-state index in [0.717, 1.165) is 23.3 Å². The lowest BCUT2D eigenvalue weighted by atomic mass is 9.88. The van der Waals surface area contributed by atoms with Crippen molar-refractivity contribution in [2.75, 3.05) is 11.9 Å². The molecule has 0 spiro atoms. The highest BCUT2D eigenvalue weighted by molar-refractivity contribution is 5.93. The van der Waals surface area contributed by atoms with Crippen molar-refractivity contribution in [2.45, 2.75) is 12.3 Å². The van der Waals surface area contributed by atoms with Gasteiger partial charge in [-0.3, -0.25) is 4.79 Å². The molecule has 0 unspecified atom stereocenters. The van der Waals surface area contributed by atoms with Crippen molar-refractivity contribution in [1.29, 1.82) is 0 Å². The highest BCUT2D eigenvalue weighted by atomic mass is 19.2. The van der Waals surface area contributed by atoms with E-state index >= 15 is 0 Å². The fraction of sp³-hybridized carbons (Fsp3) is 0.136. The Balaban J connectivity index is 1.86. The van der Waals surface area contributed by atoms with E-state index in [9.17, 15) is 13.6 Å².